The molecule has 0 atom stereocenters. The molecule has 0 amide bonds. The maximum atomic E-state index is 11.9. The van der Waals surface area contributed by atoms with E-state index in [1.807, 2.05) is 17.8 Å². The topological polar surface area (TPSA) is 60.9 Å². The summed E-state index contributed by atoms with van der Waals surface area (Å²) in [6.07, 6.45) is 6.73. The van der Waals surface area contributed by atoms with E-state index in [0.29, 0.717) is 19.4 Å². The van der Waals surface area contributed by atoms with Gasteiger partial charge in [-0.15, -0.1) is 0 Å². The van der Waals surface area contributed by atoms with E-state index >= 15 is 0 Å². The van der Waals surface area contributed by atoms with Crippen LogP contribution in [0.5, 0.6) is 0 Å². The molecule has 0 radical (unpaired) electrons. The van der Waals surface area contributed by atoms with Crippen LogP contribution in [0.15, 0.2) is 12.4 Å². The first-order valence-corrected chi connectivity index (χ1v) is 6.70. The van der Waals surface area contributed by atoms with E-state index in [1.54, 1.807) is 6.20 Å². The average molecular weight is 251 g/mol. The number of nitrogens with zero attached hydrogens (tertiary/aromatic N) is 2. The first-order chi connectivity index (χ1) is 8.46. The Morgan fingerprint density at radius 3 is 2.72 bits per heavy atom. The Balaban J connectivity index is 2.37. The second-order valence-electron chi connectivity index (χ2n) is 5.62. The molecule has 18 heavy (non-hydrogen) atoms. The van der Waals surface area contributed by atoms with Crippen LogP contribution >= 0.6 is 0 Å². The third-order valence-electron chi connectivity index (χ3n) is 3.31. The predicted octanol–water partition coefficient (Wildman–Crippen LogP) is 2.17. The first-order valence-electron chi connectivity index (χ1n) is 6.70. The monoisotopic (exact) mass is 251 g/mol. The zero-order valence-corrected chi connectivity index (χ0v) is 11.8. The molecule has 1 heterocycles. The minimum Gasteiger partial charge on any atom is -0.330 e. The maximum absolute atomic E-state index is 11.9. The number of nitrogens with two attached hydrogens (primary N) is 1. The number of carbonyl (C=O) groups excluding carboxylic acids is 1. The molecule has 102 valence electrons. The van der Waals surface area contributed by atoms with Crippen molar-refractivity contribution in [1.29, 1.82) is 0 Å². The van der Waals surface area contributed by atoms with Crippen LogP contribution in [0.25, 0.3) is 0 Å². The summed E-state index contributed by atoms with van der Waals surface area (Å²) in [5, 5.41) is 4.17. The van der Waals surface area contributed by atoms with Gasteiger partial charge in [0.15, 0.2) is 0 Å². The van der Waals surface area contributed by atoms with Crippen molar-refractivity contribution in [2.24, 2.45) is 11.1 Å². The number of rotatable bonds is 8. The SMILES string of the molecule is CCn1cc(CC(=O)CCC(C)(C)CCN)cn1. The van der Waals surface area contributed by atoms with Crippen LogP contribution in [0.2, 0.25) is 0 Å². The van der Waals surface area contributed by atoms with Gasteiger partial charge in [0.05, 0.1) is 6.20 Å². The van der Waals surface area contributed by atoms with Gasteiger partial charge in [-0.1, -0.05) is 13.8 Å². The van der Waals surface area contributed by atoms with Crippen LogP contribution in [0.4, 0.5) is 0 Å². The van der Waals surface area contributed by atoms with Crippen molar-refractivity contribution in [3.63, 3.8) is 0 Å². The predicted molar refractivity (Wildman–Crippen MR) is 73.3 cm³/mol. The Bertz CT molecular complexity index is 382. The van der Waals surface area contributed by atoms with Crippen molar-refractivity contribution in [3.05, 3.63) is 18.0 Å². The average Bonchev–Trinajstić information content (AvgIpc) is 2.74. The lowest BCUT2D eigenvalue weighted by Gasteiger charge is -2.23. The van der Waals surface area contributed by atoms with Crippen LogP contribution < -0.4 is 5.73 Å². The molecule has 1 aromatic heterocycles. The van der Waals surface area contributed by atoms with E-state index in [1.165, 1.54) is 0 Å². The summed E-state index contributed by atoms with van der Waals surface area (Å²) in [4.78, 5) is 11.9. The minimum atomic E-state index is 0.165. The fourth-order valence-electron chi connectivity index (χ4n) is 1.98. The number of hydrogen-bond acceptors (Lipinski definition) is 3. The Labute approximate surface area is 110 Å². The van der Waals surface area contributed by atoms with Crippen LogP contribution in [0.1, 0.15) is 45.6 Å². The van der Waals surface area contributed by atoms with Gasteiger partial charge in [0, 0.05) is 25.6 Å². The van der Waals surface area contributed by atoms with Gasteiger partial charge < -0.3 is 5.73 Å². The third kappa shape index (κ3) is 5.00. The first kappa shape index (κ1) is 14.9. The normalized spacial score (nSPS) is 11.8. The Morgan fingerprint density at radius 2 is 2.17 bits per heavy atom. The molecular weight excluding hydrogens is 226 g/mol. The lowest BCUT2D eigenvalue weighted by atomic mass is 9.83. The number of carbonyl (C=O) groups is 1. The summed E-state index contributed by atoms with van der Waals surface area (Å²) in [7, 11) is 0. The highest BCUT2D eigenvalue weighted by atomic mass is 16.1. The number of aryl methyl sites for hydroxylation is 1. The number of hydrogen-bond donors (Lipinski definition) is 1. The number of aromatic nitrogens is 2. The Hall–Kier alpha value is -1.16. The molecule has 0 aliphatic rings. The van der Waals surface area contributed by atoms with Crippen molar-refractivity contribution >= 4 is 5.78 Å². The molecule has 1 rings (SSSR count). The summed E-state index contributed by atoms with van der Waals surface area (Å²) < 4.78 is 1.85. The lowest BCUT2D eigenvalue weighted by molar-refractivity contribution is -0.119. The molecule has 0 unspecified atom stereocenters. The molecule has 2 N–H and O–H groups in total. The molecular formula is C14H25N3O. The molecule has 4 nitrogen and oxygen atoms in total. The summed E-state index contributed by atoms with van der Waals surface area (Å²) in [5.74, 6) is 0.288. The van der Waals surface area contributed by atoms with Crippen molar-refractivity contribution < 1.29 is 4.79 Å². The second-order valence-corrected chi connectivity index (χ2v) is 5.62. The molecule has 4 heteroatoms. The third-order valence-corrected chi connectivity index (χ3v) is 3.31. The van der Waals surface area contributed by atoms with Gasteiger partial charge in [0.2, 0.25) is 0 Å². The molecule has 0 aliphatic heterocycles. The van der Waals surface area contributed by atoms with E-state index in [9.17, 15) is 4.79 Å². The van der Waals surface area contributed by atoms with Crippen molar-refractivity contribution in [1.82, 2.24) is 9.78 Å². The number of ketones is 1. The highest BCUT2D eigenvalue weighted by Crippen LogP contribution is 2.26. The molecule has 0 aromatic carbocycles. The van der Waals surface area contributed by atoms with Gasteiger partial charge in [0.25, 0.3) is 0 Å². The summed E-state index contributed by atoms with van der Waals surface area (Å²) in [6, 6.07) is 0. The van der Waals surface area contributed by atoms with E-state index in [-0.39, 0.29) is 11.2 Å². The van der Waals surface area contributed by atoms with Gasteiger partial charge in [-0.3, -0.25) is 9.48 Å². The van der Waals surface area contributed by atoms with Gasteiger partial charge in [0.1, 0.15) is 5.78 Å². The standard InChI is InChI=1S/C14H25N3O/c1-4-17-11-12(10-16-17)9-13(18)5-6-14(2,3)7-8-15/h10-11H,4-9,15H2,1-3H3. The summed E-state index contributed by atoms with van der Waals surface area (Å²) in [5.41, 5.74) is 6.74. The molecule has 0 spiro atoms. The second kappa shape index (κ2) is 6.69. The Morgan fingerprint density at radius 1 is 1.44 bits per heavy atom. The van der Waals surface area contributed by atoms with Gasteiger partial charge in [-0.25, -0.2) is 0 Å². The highest BCUT2D eigenvalue weighted by molar-refractivity contribution is 5.80. The zero-order valence-electron chi connectivity index (χ0n) is 11.8. The minimum absolute atomic E-state index is 0.165. The van der Waals surface area contributed by atoms with Gasteiger partial charge in [-0.2, -0.15) is 5.10 Å². The zero-order chi connectivity index (χ0) is 13.6. The van der Waals surface area contributed by atoms with Crippen molar-refractivity contribution in [3.8, 4) is 0 Å². The fraction of sp³-hybridized carbons (Fsp3) is 0.714. The van der Waals surface area contributed by atoms with Crippen molar-refractivity contribution in [2.45, 2.75) is 53.0 Å². The van der Waals surface area contributed by atoms with Crippen molar-refractivity contribution in [2.75, 3.05) is 6.54 Å². The maximum Gasteiger partial charge on any atom is 0.137 e. The molecule has 0 aliphatic carbocycles. The van der Waals surface area contributed by atoms with Crippen LogP contribution in [-0.4, -0.2) is 22.1 Å². The lowest BCUT2D eigenvalue weighted by Crippen LogP contribution is -2.18. The molecule has 1 aromatic rings. The molecule has 0 saturated carbocycles. The Kier molecular flexibility index (Phi) is 5.54. The fourth-order valence-corrected chi connectivity index (χ4v) is 1.98. The summed E-state index contributed by atoms with van der Waals surface area (Å²) >= 11 is 0. The van der Waals surface area contributed by atoms with E-state index in [2.05, 4.69) is 18.9 Å². The smallest absolute Gasteiger partial charge is 0.137 e. The van der Waals surface area contributed by atoms with Crippen LogP contribution in [0, 0.1) is 5.41 Å². The largest absolute Gasteiger partial charge is 0.330 e. The highest BCUT2D eigenvalue weighted by Gasteiger charge is 2.18. The van der Waals surface area contributed by atoms with E-state index in [4.69, 9.17) is 5.73 Å². The van der Waals surface area contributed by atoms with Crippen LogP contribution in [0.3, 0.4) is 0 Å². The molecule has 0 fully saturated rings. The molecule has 0 bridgehead atoms. The van der Waals surface area contributed by atoms with E-state index in [0.717, 1.165) is 24.9 Å². The number of Topliss-reactive ketones (excluding diaryl/α,β-unsaturated/α-hetero) is 1. The molecule has 0 saturated heterocycles. The van der Waals surface area contributed by atoms with Gasteiger partial charge in [-0.05, 0) is 37.3 Å². The summed E-state index contributed by atoms with van der Waals surface area (Å²) in [6.45, 7) is 7.90. The van der Waals surface area contributed by atoms with E-state index < -0.39 is 0 Å². The quantitative estimate of drug-likeness (QED) is 0.770. The van der Waals surface area contributed by atoms with Crippen LogP contribution in [-0.2, 0) is 17.8 Å². The van der Waals surface area contributed by atoms with Gasteiger partial charge >= 0.3 is 0 Å².